The third kappa shape index (κ3) is 6.73. The minimum atomic E-state index is 0. The van der Waals surface area contributed by atoms with E-state index in [-0.39, 0.29) is 21.1 Å². The second-order valence-electron chi connectivity index (χ2n) is 17.6. The molecule has 0 bridgehead atoms. The zero-order valence-electron chi connectivity index (χ0n) is 36.5. The summed E-state index contributed by atoms with van der Waals surface area (Å²) in [6, 6.07) is 48.6. The van der Waals surface area contributed by atoms with Gasteiger partial charge in [0.2, 0.25) is 0 Å². The zero-order chi connectivity index (χ0) is 42.1. The molecule has 4 heterocycles. The maximum Gasteiger partial charge on any atom is 2.00 e. The molecule has 6 heteroatoms. The van der Waals surface area contributed by atoms with E-state index >= 15 is 0 Å². The first-order valence-corrected chi connectivity index (χ1v) is 21.7. The quantitative estimate of drug-likeness (QED) is 0.107. The molecule has 0 amide bonds. The van der Waals surface area contributed by atoms with E-state index in [0.717, 1.165) is 49.6 Å². The van der Waals surface area contributed by atoms with Crippen LogP contribution in [0, 0.1) is 12.1 Å². The van der Waals surface area contributed by atoms with Crippen molar-refractivity contribution in [3.63, 3.8) is 0 Å². The van der Waals surface area contributed by atoms with Crippen molar-refractivity contribution in [1.29, 1.82) is 0 Å². The Morgan fingerprint density at radius 3 is 1.73 bits per heavy atom. The molecular weight excluding hydrogens is 940 g/mol. The molecule has 4 aromatic heterocycles. The summed E-state index contributed by atoms with van der Waals surface area (Å²) in [5.74, 6) is 3.37. The third-order valence-electron chi connectivity index (χ3n) is 12.4. The van der Waals surface area contributed by atoms with Gasteiger partial charge in [-0.15, -0.1) is 29.7 Å². The van der Waals surface area contributed by atoms with Crippen molar-refractivity contribution in [2.75, 3.05) is 0 Å². The van der Waals surface area contributed by atoms with Crippen LogP contribution in [0.4, 0.5) is 0 Å². The van der Waals surface area contributed by atoms with Crippen molar-refractivity contribution < 1.29 is 25.8 Å². The first-order chi connectivity index (χ1) is 29.6. The second-order valence-corrected chi connectivity index (χ2v) is 17.6. The van der Waals surface area contributed by atoms with Gasteiger partial charge < -0.3 is 13.7 Å². The molecule has 62 heavy (non-hydrogen) atoms. The molecule has 10 aromatic rings. The molecule has 5 nitrogen and oxygen atoms in total. The van der Waals surface area contributed by atoms with Crippen molar-refractivity contribution in [2.45, 2.75) is 79.1 Å². The van der Waals surface area contributed by atoms with Crippen molar-refractivity contribution in [1.82, 2.24) is 18.9 Å². The molecule has 0 saturated carbocycles. The van der Waals surface area contributed by atoms with Crippen molar-refractivity contribution >= 4 is 49.1 Å². The minimum Gasteiger partial charge on any atom is -0.503 e. The van der Waals surface area contributed by atoms with E-state index in [2.05, 4.69) is 174 Å². The number of rotatable bonds is 9. The van der Waals surface area contributed by atoms with Gasteiger partial charge in [0.25, 0.3) is 0 Å². The predicted molar refractivity (Wildman–Crippen MR) is 254 cm³/mol. The molecule has 0 saturated heterocycles. The van der Waals surface area contributed by atoms with Crippen molar-refractivity contribution in [2.24, 2.45) is 0 Å². The molecule has 0 N–H and O–H groups in total. The number of benzene rings is 6. The number of ether oxygens (including phenoxy) is 1. The van der Waals surface area contributed by atoms with Crippen LogP contribution in [0.25, 0.3) is 77.2 Å². The molecule has 0 aliphatic carbocycles. The smallest absolute Gasteiger partial charge is 0.503 e. The van der Waals surface area contributed by atoms with Crippen LogP contribution in [-0.2, 0) is 21.1 Å². The van der Waals surface area contributed by atoms with Crippen LogP contribution in [-0.4, -0.2) is 18.9 Å². The fourth-order valence-corrected chi connectivity index (χ4v) is 9.61. The topological polar surface area (TPSA) is 44.3 Å². The fraction of sp³-hybridized carbons (Fsp3) is 0.214. The Balaban J connectivity index is 0.00000490. The van der Waals surface area contributed by atoms with E-state index in [1.165, 1.54) is 49.9 Å². The van der Waals surface area contributed by atoms with Gasteiger partial charge in [-0.2, -0.15) is 6.07 Å². The molecule has 0 aliphatic rings. The summed E-state index contributed by atoms with van der Waals surface area (Å²) in [6.07, 6.45) is 5.87. The average molecular weight is 990 g/mol. The number of imidazole rings is 1. The summed E-state index contributed by atoms with van der Waals surface area (Å²) in [5.41, 5.74) is 14.5. The minimum absolute atomic E-state index is 0. The van der Waals surface area contributed by atoms with Gasteiger partial charge in [-0.1, -0.05) is 151 Å². The van der Waals surface area contributed by atoms with E-state index in [4.69, 9.17) is 14.7 Å². The number of pyridine rings is 2. The normalized spacial score (nSPS) is 12.0. The van der Waals surface area contributed by atoms with Crippen LogP contribution in [0.3, 0.4) is 0 Å². The molecule has 0 unspecified atom stereocenters. The Morgan fingerprint density at radius 1 is 0.516 bits per heavy atom. The molecular formula is C56H50N4OPt. The van der Waals surface area contributed by atoms with Crippen molar-refractivity contribution in [3.05, 3.63) is 168 Å². The number of nitrogens with zero attached hydrogens (tertiary/aromatic N) is 4. The number of hydrogen-bond donors (Lipinski definition) is 0. The number of aromatic nitrogens is 4. The Morgan fingerprint density at radius 2 is 1.10 bits per heavy atom. The Bertz CT molecular complexity index is 3250. The summed E-state index contributed by atoms with van der Waals surface area (Å²) in [5, 5.41) is 5.42. The van der Waals surface area contributed by atoms with E-state index in [0.29, 0.717) is 35.2 Å². The Kier molecular flexibility index (Phi) is 10.9. The predicted octanol–water partition coefficient (Wildman–Crippen LogP) is 15.4. The largest absolute Gasteiger partial charge is 2.00 e. The van der Waals surface area contributed by atoms with Crippen LogP contribution >= 0.6 is 0 Å². The van der Waals surface area contributed by atoms with Gasteiger partial charge >= 0.3 is 21.1 Å². The van der Waals surface area contributed by atoms with E-state index in [1.54, 1.807) is 0 Å². The van der Waals surface area contributed by atoms with E-state index in [1.807, 2.05) is 36.7 Å². The molecule has 0 radical (unpaired) electrons. The fourth-order valence-electron chi connectivity index (χ4n) is 9.61. The second kappa shape index (κ2) is 16.3. The maximum absolute atomic E-state index is 6.73. The van der Waals surface area contributed by atoms with Gasteiger partial charge in [-0.05, 0) is 91.6 Å². The van der Waals surface area contributed by atoms with Crippen LogP contribution in [0.2, 0.25) is 0 Å². The molecule has 10 rings (SSSR count). The summed E-state index contributed by atoms with van der Waals surface area (Å²) in [6.45, 7) is 18.4. The SMILES string of the molecule is CC(C)c1cccc(C(C)C)c1-c1ccc(-c2c(C(C)C)cccc2C(C)C)c2c1c1ccc(Oc3[c-]c4c(cc3)c3ccccc3n4-c3ccccn3)[c-]c1c1nccn12.[Pt+2]. The standard InChI is InChI=1S/C56H50N4O.Pt/c1-33(2)39-16-13-17-40(34(3)4)52(39)46-26-27-47(53-41(35(5)6)18-14-19-42(53)36(7)8)55-54(46)45-25-23-37(31-48(45)56-58-29-30-59(55)56)61-38-22-24-44-43-15-9-10-20-49(43)60(50(44)32-38)51-21-11-12-28-57-51;/h9-30,33-36H,1-8H3;/q-2;+2. The Labute approximate surface area is 378 Å². The van der Waals surface area contributed by atoms with Gasteiger partial charge in [-0.25, -0.2) is 4.98 Å². The third-order valence-corrected chi connectivity index (χ3v) is 12.4. The van der Waals surface area contributed by atoms with Crippen LogP contribution in [0.1, 0.15) is 101 Å². The summed E-state index contributed by atoms with van der Waals surface area (Å²) < 4.78 is 11.2. The average Bonchev–Trinajstić information content (AvgIpc) is 3.89. The maximum atomic E-state index is 6.73. The molecule has 0 atom stereocenters. The zero-order valence-corrected chi connectivity index (χ0v) is 38.8. The van der Waals surface area contributed by atoms with Gasteiger partial charge in [0.1, 0.15) is 5.82 Å². The van der Waals surface area contributed by atoms with Crippen molar-refractivity contribution in [3.8, 4) is 39.6 Å². The molecule has 0 aliphatic heterocycles. The van der Waals surface area contributed by atoms with Crippen LogP contribution in [0.15, 0.2) is 134 Å². The number of hydrogen-bond acceptors (Lipinski definition) is 3. The van der Waals surface area contributed by atoms with E-state index in [9.17, 15) is 0 Å². The van der Waals surface area contributed by atoms with Crippen LogP contribution < -0.4 is 4.74 Å². The van der Waals surface area contributed by atoms with Gasteiger partial charge in [0.05, 0.1) is 5.65 Å². The molecule has 6 aromatic carbocycles. The van der Waals surface area contributed by atoms with Gasteiger partial charge in [-0.3, -0.25) is 4.98 Å². The molecule has 0 spiro atoms. The first kappa shape index (κ1) is 41.3. The summed E-state index contributed by atoms with van der Waals surface area (Å²) in [7, 11) is 0. The molecule has 0 fully saturated rings. The Hall–Kier alpha value is -6.03. The van der Waals surface area contributed by atoms with E-state index < -0.39 is 0 Å². The first-order valence-electron chi connectivity index (χ1n) is 21.7. The van der Waals surface area contributed by atoms with Gasteiger partial charge in [0.15, 0.2) is 0 Å². The number of para-hydroxylation sites is 1. The summed E-state index contributed by atoms with van der Waals surface area (Å²) >= 11 is 0. The number of fused-ring (bicyclic) bond motifs is 9. The van der Waals surface area contributed by atoms with Crippen LogP contribution in [0.5, 0.6) is 11.5 Å². The summed E-state index contributed by atoms with van der Waals surface area (Å²) in [4.78, 5) is 9.77. The molecule has 310 valence electrons. The monoisotopic (exact) mass is 989 g/mol. The van der Waals surface area contributed by atoms with Gasteiger partial charge in [0, 0.05) is 46.7 Å².